The maximum absolute atomic E-state index is 11.6. The summed E-state index contributed by atoms with van der Waals surface area (Å²) < 4.78 is 2.88. The number of nitrogens with one attached hydrogen (secondary N) is 1. The third kappa shape index (κ3) is 3.83. The molecule has 1 amide bonds. The Bertz CT molecular complexity index is 1160. The van der Waals surface area contributed by atoms with Gasteiger partial charge in [-0.2, -0.15) is 0 Å². The molecule has 0 fully saturated rings. The van der Waals surface area contributed by atoms with E-state index >= 15 is 0 Å². The number of carbonyl (C=O) groups excluding carboxylic acids is 1. The Morgan fingerprint density at radius 1 is 1.15 bits per heavy atom. The second-order valence-electron chi connectivity index (χ2n) is 6.42. The standard InChI is InChI=1S/C20H18N4O2S/c21-19(25)10-17-15(8-13-4-2-1-3-5-13)22-12-24(17)11-14-6-7-18-16(9-14)23-20(26)27-18/h1-7,9,12H,8,10-11H2,(H2,21,25)(H,23,26). The summed E-state index contributed by atoms with van der Waals surface area (Å²) in [5.41, 5.74) is 10.1. The molecule has 4 rings (SSSR count). The van der Waals surface area contributed by atoms with Crippen LogP contribution in [0.5, 0.6) is 0 Å². The molecule has 0 spiro atoms. The fourth-order valence-corrected chi connectivity index (χ4v) is 3.90. The van der Waals surface area contributed by atoms with Gasteiger partial charge in [-0.3, -0.25) is 9.59 Å². The molecule has 4 aromatic rings. The van der Waals surface area contributed by atoms with Crippen molar-refractivity contribution in [2.75, 3.05) is 0 Å². The molecular formula is C20H18N4O2S. The van der Waals surface area contributed by atoms with Crippen LogP contribution in [0.4, 0.5) is 0 Å². The average Bonchev–Trinajstić information content (AvgIpc) is 3.18. The van der Waals surface area contributed by atoms with E-state index in [0.29, 0.717) is 13.0 Å². The molecule has 3 N–H and O–H groups in total. The first-order valence-electron chi connectivity index (χ1n) is 8.55. The van der Waals surface area contributed by atoms with Crippen LogP contribution < -0.4 is 10.6 Å². The summed E-state index contributed by atoms with van der Waals surface area (Å²) in [5.74, 6) is -0.385. The zero-order valence-corrected chi connectivity index (χ0v) is 15.3. The summed E-state index contributed by atoms with van der Waals surface area (Å²) >= 11 is 1.19. The molecule has 7 heteroatoms. The van der Waals surface area contributed by atoms with Crippen molar-refractivity contribution >= 4 is 27.5 Å². The molecule has 0 saturated heterocycles. The molecule has 0 unspecified atom stereocenters. The predicted molar refractivity (Wildman–Crippen MR) is 106 cm³/mol. The van der Waals surface area contributed by atoms with Gasteiger partial charge in [0.05, 0.1) is 34.4 Å². The number of nitrogens with zero attached hydrogens (tertiary/aromatic N) is 2. The summed E-state index contributed by atoms with van der Waals surface area (Å²) in [5, 5.41) is 0. The molecule has 0 aliphatic heterocycles. The Morgan fingerprint density at radius 3 is 2.74 bits per heavy atom. The number of aromatic amines is 1. The van der Waals surface area contributed by atoms with Crippen LogP contribution in [0.1, 0.15) is 22.5 Å². The van der Waals surface area contributed by atoms with Crippen LogP contribution in [0, 0.1) is 0 Å². The zero-order chi connectivity index (χ0) is 18.8. The summed E-state index contributed by atoms with van der Waals surface area (Å²) in [6, 6.07) is 15.9. The van der Waals surface area contributed by atoms with Gasteiger partial charge in [-0.15, -0.1) is 0 Å². The Balaban J connectivity index is 1.66. The van der Waals surface area contributed by atoms with Gasteiger partial charge in [-0.1, -0.05) is 47.7 Å². The van der Waals surface area contributed by atoms with E-state index in [1.807, 2.05) is 53.1 Å². The van der Waals surface area contributed by atoms with Gasteiger partial charge in [-0.05, 0) is 23.3 Å². The highest BCUT2D eigenvalue weighted by Gasteiger charge is 2.14. The number of fused-ring (bicyclic) bond motifs is 1. The lowest BCUT2D eigenvalue weighted by molar-refractivity contribution is -0.117. The molecule has 0 bridgehead atoms. The molecule has 27 heavy (non-hydrogen) atoms. The van der Waals surface area contributed by atoms with Crippen LogP contribution in [0.3, 0.4) is 0 Å². The van der Waals surface area contributed by atoms with Gasteiger partial charge >= 0.3 is 4.87 Å². The van der Waals surface area contributed by atoms with Crippen LogP contribution in [0.2, 0.25) is 0 Å². The number of carbonyl (C=O) groups is 1. The Kier molecular flexibility index (Phi) is 4.60. The largest absolute Gasteiger partial charge is 0.369 e. The lowest BCUT2D eigenvalue weighted by Gasteiger charge is -2.09. The number of benzene rings is 2. The van der Waals surface area contributed by atoms with Gasteiger partial charge in [0.15, 0.2) is 0 Å². The molecule has 0 saturated carbocycles. The molecule has 2 aromatic heterocycles. The second-order valence-corrected chi connectivity index (χ2v) is 7.43. The highest BCUT2D eigenvalue weighted by atomic mass is 32.1. The minimum absolute atomic E-state index is 0.0654. The fourth-order valence-electron chi connectivity index (χ4n) is 3.19. The molecule has 6 nitrogen and oxygen atoms in total. The molecule has 2 heterocycles. The SMILES string of the molecule is NC(=O)Cc1c(Cc2ccccc2)ncn1Cc1ccc2sc(=O)[nH]c2c1. The quantitative estimate of drug-likeness (QED) is 0.540. The van der Waals surface area contributed by atoms with E-state index in [2.05, 4.69) is 9.97 Å². The number of nitrogens with two attached hydrogens (primary N) is 1. The van der Waals surface area contributed by atoms with Crippen molar-refractivity contribution in [2.45, 2.75) is 19.4 Å². The average molecular weight is 378 g/mol. The topological polar surface area (TPSA) is 93.8 Å². The number of hydrogen-bond acceptors (Lipinski definition) is 4. The van der Waals surface area contributed by atoms with Crippen molar-refractivity contribution in [1.29, 1.82) is 0 Å². The number of hydrogen-bond donors (Lipinski definition) is 2. The summed E-state index contributed by atoms with van der Waals surface area (Å²) in [6.07, 6.45) is 2.53. The molecule has 2 aromatic carbocycles. The van der Waals surface area contributed by atoms with Crippen LogP contribution >= 0.6 is 11.3 Å². The number of primary amides is 1. The minimum Gasteiger partial charge on any atom is -0.369 e. The van der Waals surface area contributed by atoms with Gasteiger partial charge < -0.3 is 15.3 Å². The first kappa shape index (κ1) is 17.2. The molecular weight excluding hydrogens is 360 g/mol. The zero-order valence-electron chi connectivity index (χ0n) is 14.5. The van der Waals surface area contributed by atoms with Crippen LogP contribution in [0.25, 0.3) is 10.2 Å². The first-order valence-corrected chi connectivity index (χ1v) is 9.37. The summed E-state index contributed by atoms with van der Waals surface area (Å²) in [4.78, 5) is 30.4. The second kappa shape index (κ2) is 7.20. The van der Waals surface area contributed by atoms with Gasteiger partial charge in [0.2, 0.25) is 5.91 Å². The Labute approximate surface area is 159 Å². The number of thiazole rings is 1. The highest BCUT2D eigenvalue weighted by Crippen LogP contribution is 2.19. The molecule has 136 valence electrons. The maximum atomic E-state index is 11.6. The number of rotatable bonds is 6. The van der Waals surface area contributed by atoms with E-state index in [1.54, 1.807) is 6.33 Å². The normalized spacial score (nSPS) is 11.1. The molecule has 0 aliphatic rings. The van der Waals surface area contributed by atoms with Crippen molar-refractivity contribution in [2.24, 2.45) is 5.73 Å². The number of H-pyrrole nitrogens is 1. The Morgan fingerprint density at radius 2 is 1.96 bits per heavy atom. The van der Waals surface area contributed by atoms with Crippen molar-refractivity contribution < 1.29 is 4.79 Å². The van der Waals surface area contributed by atoms with Gasteiger partial charge in [0, 0.05) is 13.0 Å². The van der Waals surface area contributed by atoms with E-state index in [9.17, 15) is 9.59 Å². The van der Waals surface area contributed by atoms with Crippen LogP contribution in [-0.4, -0.2) is 20.4 Å². The monoisotopic (exact) mass is 378 g/mol. The smallest absolute Gasteiger partial charge is 0.305 e. The van der Waals surface area contributed by atoms with Gasteiger partial charge in [0.1, 0.15) is 0 Å². The van der Waals surface area contributed by atoms with Gasteiger partial charge in [-0.25, -0.2) is 4.98 Å². The highest BCUT2D eigenvalue weighted by molar-refractivity contribution is 7.16. The van der Waals surface area contributed by atoms with E-state index < -0.39 is 0 Å². The molecule has 0 aliphatic carbocycles. The number of amides is 1. The third-order valence-electron chi connectivity index (χ3n) is 4.43. The number of aromatic nitrogens is 3. The maximum Gasteiger partial charge on any atom is 0.305 e. The van der Waals surface area contributed by atoms with Crippen molar-refractivity contribution in [1.82, 2.24) is 14.5 Å². The van der Waals surface area contributed by atoms with Crippen LogP contribution in [-0.2, 0) is 24.2 Å². The molecule has 0 radical (unpaired) electrons. The van der Waals surface area contributed by atoms with Gasteiger partial charge in [0.25, 0.3) is 0 Å². The Hall–Kier alpha value is -3.19. The molecule has 0 atom stereocenters. The van der Waals surface area contributed by atoms with E-state index in [1.165, 1.54) is 11.3 Å². The van der Waals surface area contributed by atoms with Crippen LogP contribution in [0.15, 0.2) is 59.7 Å². The minimum atomic E-state index is -0.385. The number of imidazole rings is 1. The van der Waals surface area contributed by atoms with E-state index in [0.717, 1.165) is 32.7 Å². The van der Waals surface area contributed by atoms with E-state index in [-0.39, 0.29) is 17.2 Å². The lowest BCUT2D eigenvalue weighted by Crippen LogP contribution is -2.18. The first-order chi connectivity index (χ1) is 13.1. The summed E-state index contributed by atoms with van der Waals surface area (Å²) in [6.45, 7) is 0.554. The lowest BCUT2D eigenvalue weighted by atomic mass is 10.1. The van der Waals surface area contributed by atoms with Crippen molar-refractivity contribution in [3.8, 4) is 0 Å². The fraction of sp³-hybridized carbons (Fsp3) is 0.150. The van der Waals surface area contributed by atoms with Crippen molar-refractivity contribution in [3.63, 3.8) is 0 Å². The summed E-state index contributed by atoms with van der Waals surface area (Å²) in [7, 11) is 0. The third-order valence-corrected chi connectivity index (χ3v) is 5.29. The predicted octanol–water partition coefficient (Wildman–Crippen LogP) is 2.45. The van der Waals surface area contributed by atoms with E-state index in [4.69, 9.17) is 5.73 Å². The van der Waals surface area contributed by atoms with Crippen molar-refractivity contribution in [3.05, 3.63) is 87.0 Å².